The minimum absolute atomic E-state index is 0.0230. The summed E-state index contributed by atoms with van der Waals surface area (Å²) >= 11 is 0. The van der Waals surface area contributed by atoms with Gasteiger partial charge in [0.25, 0.3) is 0 Å². The molecule has 2 aliphatic rings. The quantitative estimate of drug-likeness (QED) is 0.338. The van der Waals surface area contributed by atoms with Gasteiger partial charge in [-0.25, -0.2) is 0 Å². The standard InChI is InChI=1S/C14H24N8/c1-14-6-5-11(20-22-13(17)18)7-9(14)3-2-4-10(14)8-19-21-12(15)16/h7-8,10H,2-6H2,1H3,(H4,15,16,21)(H4,17,18,22)/b19-8?,20-11+/t10-,14+/m1/s1. The van der Waals surface area contributed by atoms with Crippen molar-refractivity contribution in [2.75, 3.05) is 0 Å². The van der Waals surface area contributed by atoms with E-state index in [0.29, 0.717) is 5.92 Å². The number of allylic oxidation sites excluding steroid dienone is 2. The Balaban J connectivity index is 2.23. The highest BCUT2D eigenvalue weighted by Crippen LogP contribution is 2.49. The van der Waals surface area contributed by atoms with Crippen molar-refractivity contribution in [3.8, 4) is 0 Å². The Morgan fingerprint density at radius 1 is 1.18 bits per heavy atom. The molecule has 0 spiro atoms. The van der Waals surface area contributed by atoms with Gasteiger partial charge in [-0.1, -0.05) is 12.5 Å². The van der Waals surface area contributed by atoms with Crippen LogP contribution in [0.3, 0.4) is 0 Å². The van der Waals surface area contributed by atoms with E-state index in [-0.39, 0.29) is 17.3 Å². The Kier molecular flexibility index (Phi) is 4.79. The van der Waals surface area contributed by atoms with Crippen LogP contribution in [-0.4, -0.2) is 23.8 Å². The second-order valence-corrected chi connectivity index (χ2v) is 5.99. The van der Waals surface area contributed by atoms with Crippen molar-refractivity contribution in [2.45, 2.75) is 39.0 Å². The fourth-order valence-corrected chi connectivity index (χ4v) is 3.22. The van der Waals surface area contributed by atoms with Gasteiger partial charge >= 0.3 is 0 Å². The molecule has 120 valence electrons. The molecule has 0 aromatic carbocycles. The van der Waals surface area contributed by atoms with Crippen LogP contribution in [0, 0.1) is 11.3 Å². The van der Waals surface area contributed by atoms with Gasteiger partial charge in [0.05, 0.1) is 5.71 Å². The average molecular weight is 304 g/mol. The van der Waals surface area contributed by atoms with Crippen molar-refractivity contribution < 1.29 is 0 Å². The lowest BCUT2D eigenvalue weighted by Crippen LogP contribution is -2.37. The molecular weight excluding hydrogens is 280 g/mol. The monoisotopic (exact) mass is 304 g/mol. The van der Waals surface area contributed by atoms with E-state index in [1.165, 1.54) is 5.57 Å². The highest BCUT2D eigenvalue weighted by Gasteiger charge is 2.41. The molecule has 0 aromatic heterocycles. The largest absolute Gasteiger partial charge is 0.369 e. The normalized spacial score (nSPS) is 29.8. The minimum atomic E-state index is -0.0247. The summed E-state index contributed by atoms with van der Waals surface area (Å²) in [6.07, 6.45) is 9.05. The summed E-state index contributed by atoms with van der Waals surface area (Å²) in [7, 11) is 0. The zero-order valence-corrected chi connectivity index (χ0v) is 12.9. The Bertz CT molecular complexity index is 563. The highest BCUT2D eigenvalue weighted by atomic mass is 15.3. The van der Waals surface area contributed by atoms with Crippen molar-refractivity contribution in [1.29, 1.82) is 0 Å². The predicted molar refractivity (Wildman–Crippen MR) is 90.3 cm³/mol. The van der Waals surface area contributed by atoms with Crippen molar-refractivity contribution in [1.82, 2.24) is 0 Å². The topological polar surface area (TPSA) is 154 Å². The van der Waals surface area contributed by atoms with Crippen LogP contribution >= 0.6 is 0 Å². The maximum atomic E-state index is 5.32. The van der Waals surface area contributed by atoms with Gasteiger partial charge in [-0.05, 0) is 43.6 Å². The molecule has 22 heavy (non-hydrogen) atoms. The maximum Gasteiger partial charge on any atom is 0.211 e. The van der Waals surface area contributed by atoms with Crippen molar-refractivity contribution in [3.05, 3.63) is 11.6 Å². The van der Waals surface area contributed by atoms with Gasteiger partial charge in [0, 0.05) is 12.1 Å². The van der Waals surface area contributed by atoms with E-state index in [1.807, 2.05) is 6.21 Å². The highest BCUT2D eigenvalue weighted by molar-refractivity contribution is 5.97. The summed E-state index contributed by atoms with van der Waals surface area (Å²) in [5.74, 6) is 0.272. The van der Waals surface area contributed by atoms with E-state index in [0.717, 1.165) is 37.8 Å². The number of nitrogens with zero attached hydrogens (tertiary/aromatic N) is 4. The summed E-state index contributed by atoms with van der Waals surface area (Å²) in [6, 6.07) is 0. The third-order valence-electron chi connectivity index (χ3n) is 4.47. The van der Waals surface area contributed by atoms with Crippen LogP contribution in [0.15, 0.2) is 32.1 Å². The van der Waals surface area contributed by atoms with Gasteiger partial charge in [0.1, 0.15) is 0 Å². The Labute approximate surface area is 130 Å². The third-order valence-corrected chi connectivity index (χ3v) is 4.47. The van der Waals surface area contributed by atoms with Crippen LogP contribution in [0.5, 0.6) is 0 Å². The molecule has 2 rings (SSSR count). The average Bonchev–Trinajstić information content (AvgIpc) is 2.45. The van der Waals surface area contributed by atoms with Gasteiger partial charge in [-0.2, -0.15) is 10.2 Å². The molecule has 0 bridgehead atoms. The number of nitrogens with two attached hydrogens (primary N) is 4. The van der Waals surface area contributed by atoms with Gasteiger partial charge in [-0.15, -0.1) is 10.2 Å². The molecule has 0 heterocycles. The van der Waals surface area contributed by atoms with E-state index in [1.54, 1.807) is 0 Å². The van der Waals surface area contributed by atoms with Crippen LogP contribution in [0.25, 0.3) is 0 Å². The zero-order chi connectivity index (χ0) is 16.2. The molecule has 0 radical (unpaired) electrons. The summed E-state index contributed by atoms with van der Waals surface area (Å²) in [4.78, 5) is 0. The van der Waals surface area contributed by atoms with Crippen LogP contribution < -0.4 is 22.9 Å². The van der Waals surface area contributed by atoms with E-state index in [9.17, 15) is 0 Å². The Morgan fingerprint density at radius 3 is 2.59 bits per heavy atom. The summed E-state index contributed by atoms with van der Waals surface area (Å²) in [6.45, 7) is 2.27. The molecular formula is C14H24N8. The molecule has 0 unspecified atom stereocenters. The number of hydrogen-bond acceptors (Lipinski definition) is 4. The third kappa shape index (κ3) is 3.63. The van der Waals surface area contributed by atoms with Gasteiger partial charge in [0.2, 0.25) is 11.9 Å². The van der Waals surface area contributed by atoms with Crippen molar-refractivity contribution in [3.63, 3.8) is 0 Å². The van der Waals surface area contributed by atoms with Crippen LogP contribution in [0.1, 0.15) is 39.0 Å². The minimum Gasteiger partial charge on any atom is -0.369 e. The molecule has 1 fully saturated rings. The summed E-state index contributed by atoms with van der Waals surface area (Å²) in [5.41, 5.74) is 23.6. The lowest BCUT2D eigenvalue weighted by molar-refractivity contribution is 0.230. The van der Waals surface area contributed by atoms with Crippen LogP contribution in [-0.2, 0) is 0 Å². The van der Waals surface area contributed by atoms with Crippen molar-refractivity contribution in [2.24, 2.45) is 54.7 Å². The molecule has 1 saturated carbocycles. The molecule has 8 heteroatoms. The molecule has 2 atom stereocenters. The molecule has 8 nitrogen and oxygen atoms in total. The maximum absolute atomic E-state index is 5.32. The fraction of sp³-hybridized carbons (Fsp3) is 0.571. The first-order valence-corrected chi connectivity index (χ1v) is 7.40. The van der Waals surface area contributed by atoms with Gasteiger partial charge in [-0.3, -0.25) is 0 Å². The number of fused-ring (bicyclic) bond motifs is 1. The second kappa shape index (κ2) is 6.59. The molecule has 0 amide bonds. The molecule has 8 N–H and O–H groups in total. The molecule has 2 aliphatic carbocycles. The molecule has 0 saturated heterocycles. The first kappa shape index (κ1) is 16.0. The van der Waals surface area contributed by atoms with Crippen LogP contribution in [0.4, 0.5) is 0 Å². The second-order valence-electron chi connectivity index (χ2n) is 5.99. The smallest absolute Gasteiger partial charge is 0.211 e. The van der Waals surface area contributed by atoms with Crippen LogP contribution in [0.2, 0.25) is 0 Å². The summed E-state index contributed by atoms with van der Waals surface area (Å²) in [5, 5.41) is 15.6. The summed E-state index contributed by atoms with van der Waals surface area (Å²) < 4.78 is 0. The Hall–Kier alpha value is -2.38. The number of guanidine groups is 2. The SMILES string of the molecule is C[C@]12CC/C(=N\N=C(N)N)C=C1CCC[C@@H]2C=NN=C(N)N. The predicted octanol–water partition coefficient (Wildman–Crippen LogP) is 0.402. The van der Waals surface area contributed by atoms with E-state index >= 15 is 0 Å². The molecule has 0 aliphatic heterocycles. The number of hydrogen-bond donors (Lipinski definition) is 4. The lowest BCUT2D eigenvalue weighted by atomic mass is 9.60. The fourth-order valence-electron chi connectivity index (χ4n) is 3.22. The first-order valence-electron chi connectivity index (χ1n) is 7.40. The molecule has 0 aromatic rings. The van der Waals surface area contributed by atoms with Gasteiger partial charge < -0.3 is 22.9 Å². The van der Waals surface area contributed by atoms with Crippen molar-refractivity contribution >= 4 is 23.8 Å². The Morgan fingerprint density at radius 2 is 1.91 bits per heavy atom. The number of rotatable bonds is 3. The van der Waals surface area contributed by atoms with E-state index in [4.69, 9.17) is 22.9 Å². The van der Waals surface area contributed by atoms with E-state index < -0.39 is 0 Å². The lowest BCUT2D eigenvalue weighted by Gasteiger charge is -2.44. The first-order chi connectivity index (χ1) is 10.4. The zero-order valence-electron chi connectivity index (χ0n) is 12.9. The van der Waals surface area contributed by atoms with E-state index in [2.05, 4.69) is 33.4 Å². The van der Waals surface area contributed by atoms with Gasteiger partial charge in [0.15, 0.2) is 0 Å².